The lowest BCUT2D eigenvalue weighted by molar-refractivity contribution is -0.123. The van der Waals surface area contributed by atoms with Crippen molar-refractivity contribution < 1.29 is 19.1 Å². The fourth-order valence-corrected chi connectivity index (χ4v) is 2.20. The van der Waals surface area contributed by atoms with Crippen molar-refractivity contribution in [2.24, 2.45) is 5.10 Å². The van der Waals surface area contributed by atoms with Crippen LogP contribution in [0.4, 0.5) is 0 Å². The van der Waals surface area contributed by atoms with Gasteiger partial charge in [0.15, 0.2) is 6.61 Å². The number of nitrogens with zero attached hydrogens (tertiary/aromatic N) is 1. The van der Waals surface area contributed by atoms with Gasteiger partial charge in [-0.15, -0.1) is 0 Å². The number of carbonyl (C=O) groups excluding carboxylic acids is 2. The van der Waals surface area contributed by atoms with Gasteiger partial charge in [-0.2, -0.15) is 5.10 Å². The van der Waals surface area contributed by atoms with Crippen LogP contribution in [0.25, 0.3) is 0 Å². The largest absolute Gasteiger partial charge is 0.483 e. The Balaban J connectivity index is 1.85. The van der Waals surface area contributed by atoms with Crippen molar-refractivity contribution >= 4 is 18.1 Å². The van der Waals surface area contributed by atoms with Crippen molar-refractivity contribution in [3.05, 3.63) is 64.7 Å². The molecular weight excluding hydrogens is 320 g/mol. The minimum Gasteiger partial charge on any atom is -0.483 e. The number of nitrogens with one attached hydrogen (secondary N) is 1. The lowest BCUT2D eigenvalue weighted by atomic mass is 10.1. The minimum absolute atomic E-state index is 0.121. The van der Waals surface area contributed by atoms with Crippen LogP contribution in [0.15, 0.2) is 47.6 Å². The maximum atomic E-state index is 11.8. The molecule has 2 aromatic carbocycles. The number of hydrazone groups is 1. The summed E-state index contributed by atoms with van der Waals surface area (Å²) in [5, 5.41) is 3.87. The predicted molar refractivity (Wildman–Crippen MR) is 94.9 cm³/mol. The molecule has 0 saturated carbocycles. The highest BCUT2D eigenvalue weighted by molar-refractivity contribution is 5.90. The fraction of sp³-hybridized carbons (Fsp3) is 0.211. The predicted octanol–water partition coefficient (Wildman–Crippen LogP) is 2.62. The highest BCUT2D eigenvalue weighted by Crippen LogP contribution is 2.21. The average Bonchev–Trinajstić information content (AvgIpc) is 2.61. The van der Waals surface area contributed by atoms with Gasteiger partial charge in [-0.25, -0.2) is 10.2 Å². The molecule has 0 aliphatic heterocycles. The molecule has 0 radical (unpaired) electrons. The van der Waals surface area contributed by atoms with Gasteiger partial charge in [-0.1, -0.05) is 30.3 Å². The molecule has 0 atom stereocenters. The van der Waals surface area contributed by atoms with E-state index >= 15 is 0 Å². The smallest absolute Gasteiger partial charge is 0.337 e. The molecule has 6 heteroatoms. The third kappa shape index (κ3) is 5.17. The van der Waals surface area contributed by atoms with Gasteiger partial charge in [-0.3, -0.25) is 4.79 Å². The quantitative estimate of drug-likeness (QED) is 0.498. The van der Waals surface area contributed by atoms with Crippen LogP contribution in [0.5, 0.6) is 5.75 Å². The van der Waals surface area contributed by atoms with Gasteiger partial charge in [0.2, 0.25) is 0 Å². The molecule has 1 amide bonds. The van der Waals surface area contributed by atoms with Crippen LogP contribution in [0.1, 0.15) is 27.0 Å². The first kappa shape index (κ1) is 18.2. The zero-order valence-corrected chi connectivity index (χ0v) is 14.4. The van der Waals surface area contributed by atoms with Gasteiger partial charge in [0.05, 0.1) is 18.9 Å². The van der Waals surface area contributed by atoms with E-state index in [1.54, 1.807) is 24.3 Å². The molecule has 0 unspecified atom stereocenters. The maximum absolute atomic E-state index is 11.8. The van der Waals surface area contributed by atoms with Crippen LogP contribution in [0.2, 0.25) is 0 Å². The van der Waals surface area contributed by atoms with Crippen LogP contribution in [0, 0.1) is 13.8 Å². The normalized spacial score (nSPS) is 10.5. The highest BCUT2D eigenvalue weighted by Gasteiger charge is 2.06. The van der Waals surface area contributed by atoms with E-state index in [1.807, 2.05) is 32.0 Å². The van der Waals surface area contributed by atoms with Gasteiger partial charge >= 0.3 is 5.97 Å². The van der Waals surface area contributed by atoms with Crippen molar-refractivity contribution in [3.63, 3.8) is 0 Å². The van der Waals surface area contributed by atoms with Crippen molar-refractivity contribution in [1.82, 2.24) is 5.43 Å². The second kappa shape index (κ2) is 8.63. The van der Waals surface area contributed by atoms with E-state index in [0.717, 1.165) is 16.7 Å². The summed E-state index contributed by atoms with van der Waals surface area (Å²) >= 11 is 0. The summed E-state index contributed by atoms with van der Waals surface area (Å²) in [7, 11) is 1.33. The van der Waals surface area contributed by atoms with Crippen LogP contribution in [-0.4, -0.2) is 31.8 Å². The number of aryl methyl sites for hydroxylation is 2. The molecular formula is C19H20N2O4. The number of esters is 1. The fourth-order valence-electron chi connectivity index (χ4n) is 2.20. The molecule has 130 valence electrons. The summed E-state index contributed by atoms with van der Waals surface area (Å²) in [6.07, 6.45) is 1.48. The van der Waals surface area contributed by atoms with E-state index in [2.05, 4.69) is 15.3 Å². The third-order valence-corrected chi connectivity index (χ3v) is 3.49. The zero-order valence-electron chi connectivity index (χ0n) is 14.4. The number of rotatable bonds is 6. The first-order valence-corrected chi connectivity index (χ1v) is 7.70. The van der Waals surface area contributed by atoms with E-state index in [9.17, 15) is 9.59 Å². The summed E-state index contributed by atoms with van der Waals surface area (Å²) in [4.78, 5) is 23.1. The van der Waals surface area contributed by atoms with Gasteiger partial charge in [0.25, 0.3) is 5.91 Å². The highest BCUT2D eigenvalue weighted by atomic mass is 16.5. The van der Waals surface area contributed by atoms with Gasteiger partial charge in [0, 0.05) is 0 Å². The molecule has 0 aliphatic rings. The molecule has 0 fully saturated rings. The molecule has 0 heterocycles. The van der Waals surface area contributed by atoms with Crippen molar-refractivity contribution in [2.45, 2.75) is 13.8 Å². The van der Waals surface area contributed by atoms with Crippen molar-refractivity contribution in [2.75, 3.05) is 13.7 Å². The summed E-state index contributed by atoms with van der Waals surface area (Å²) < 4.78 is 10.2. The first-order valence-electron chi connectivity index (χ1n) is 7.70. The summed E-state index contributed by atoms with van der Waals surface area (Å²) in [6, 6.07) is 12.4. The molecule has 0 spiro atoms. The monoisotopic (exact) mass is 340 g/mol. The molecule has 0 saturated heterocycles. The number of hydrogen-bond donors (Lipinski definition) is 1. The third-order valence-electron chi connectivity index (χ3n) is 3.49. The molecule has 6 nitrogen and oxygen atoms in total. The summed E-state index contributed by atoms with van der Waals surface area (Å²) in [5.41, 5.74) is 5.54. The summed E-state index contributed by atoms with van der Waals surface area (Å²) in [5.74, 6) is -0.0504. The number of hydrogen-bond acceptors (Lipinski definition) is 5. The number of amides is 1. The Morgan fingerprint density at radius 3 is 2.32 bits per heavy atom. The number of carbonyl (C=O) groups is 2. The molecule has 1 N–H and O–H groups in total. The first-order chi connectivity index (χ1) is 12.0. The Morgan fingerprint density at radius 2 is 1.72 bits per heavy atom. The Labute approximate surface area is 146 Å². The Hall–Kier alpha value is -3.15. The summed E-state index contributed by atoms with van der Waals surface area (Å²) in [6.45, 7) is 3.73. The van der Waals surface area contributed by atoms with E-state index in [1.165, 1.54) is 13.3 Å². The lowest BCUT2D eigenvalue weighted by Gasteiger charge is -2.10. The van der Waals surface area contributed by atoms with Crippen LogP contribution < -0.4 is 10.2 Å². The molecule has 0 aliphatic carbocycles. The minimum atomic E-state index is -0.402. The number of ether oxygens (including phenoxy) is 2. The molecule has 2 aromatic rings. The van der Waals surface area contributed by atoms with Gasteiger partial charge in [-0.05, 0) is 42.7 Å². The van der Waals surface area contributed by atoms with Gasteiger partial charge in [0.1, 0.15) is 5.75 Å². The zero-order chi connectivity index (χ0) is 18.2. The SMILES string of the molecule is COC(=O)c1ccc(C=NNC(=O)COc2c(C)cccc2C)cc1. The molecule has 25 heavy (non-hydrogen) atoms. The lowest BCUT2D eigenvalue weighted by Crippen LogP contribution is -2.25. The van der Waals surface area contributed by atoms with Crippen molar-refractivity contribution in [1.29, 1.82) is 0 Å². The molecule has 0 aromatic heterocycles. The second-order valence-corrected chi connectivity index (χ2v) is 5.42. The second-order valence-electron chi connectivity index (χ2n) is 5.42. The number of methoxy groups -OCH3 is 1. The number of para-hydroxylation sites is 1. The van der Waals surface area contributed by atoms with E-state index in [-0.39, 0.29) is 12.5 Å². The topological polar surface area (TPSA) is 77.0 Å². The van der Waals surface area contributed by atoms with Gasteiger partial charge < -0.3 is 9.47 Å². The van der Waals surface area contributed by atoms with E-state index in [0.29, 0.717) is 11.3 Å². The maximum Gasteiger partial charge on any atom is 0.337 e. The van der Waals surface area contributed by atoms with E-state index < -0.39 is 5.97 Å². The van der Waals surface area contributed by atoms with Crippen LogP contribution in [-0.2, 0) is 9.53 Å². The van der Waals surface area contributed by atoms with Crippen LogP contribution in [0.3, 0.4) is 0 Å². The molecule has 0 bridgehead atoms. The Kier molecular flexibility index (Phi) is 6.28. The van der Waals surface area contributed by atoms with E-state index in [4.69, 9.17) is 4.74 Å². The average molecular weight is 340 g/mol. The Morgan fingerprint density at radius 1 is 1.08 bits per heavy atom. The molecule has 2 rings (SSSR count). The standard InChI is InChI=1S/C19H20N2O4/c1-13-5-4-6-14(2)18(13)25-12-17(22)21-20-11-15-7-9-16(10-8-15)19(23)24-3/h4-11H,12H2,1-3H3,(H,21,22). The van der Waals surface area contributed by atoms with Crippen LogP contribution >= 0.6 is 0 Å². The van der Waals surface area contributed by atoms with Crippen molar-refractivity contribution in [3.8, 4) is 5.75 Å². The Bertz CT molecular complexity index is 762. The number of benzene rings is 2.